The van der Waals surface area contributed by atoms with Crippen molar-refractivity contribution < 1.29 is 8.97 Å². The predicted octanol–water partition coefficient (Wildman–Crippen LogP) is 7.81. The SMILES string of the molecule is CCC[N+](CCC)(CCC)CCCCCCCCC[N+](CCC)(CCC)CCC. The van der Waals surface area contributed by atoms with Gasteiger partial charge in [0.1, 0.15) is 0 Å². The molecule has 0 saturated carbocycles. The Kier molecular flexibility index (Phi) is 18.6. The Balaban J connectivity index is 4.05. The van der Waals surface area contributed by atoms with Crippen molar-refractivity contribution >= 4 is 0 Å². The molecule has 176 valence electrons. The van der Waals surface area contributed by atoms with E-state index in [4.69, 9.17) is 0 Å². The Hall–Kier alpha value is -0.0800. The number of hydrogen-bond acceptors (Lipinski definition) is 0. The van der Waals surface area contributed by atoms with Gasteiger partial charge < -0.3 is 8.97 Å². The molecule has 2 heteroatoms. The maximum Gasteiger partial charge on any atom is 0.0786 e. The average molecular weight is 413 g/mol. The summed E-state index contributed by atoms with van der Waals surface area (Å²) < 4.78 is 2.80. The standard InChI is InChI=1S/C27H60N2/c1-7-20-28(21-8-2,22-9-3)26-18-16-14-13-15-17-19-27-29(23-10-4,24-11-5)25-12-6/h7-27H2,1-6H3/q+2. The first-order valence-electron chi connectivity index (χ1n) is 13.8. The minimum atomic E-state index is 1.34. The lowest BCUT2D eigenvalue weighted by Gasteiger charge is -2.38. The zero-order chi connectivity index (χ0) is 21.8. The third-order valence-corrected chi connectivity index (χ3v) is 6.95. The van der Waals surface area contributed by atoms with Gasteiger partial charge in [0.05, 0.1) is 52.4 Å². The summed E-state index contributed by atoms with van der Waals surface area (Å²) in [5.41, 5.74) is 0. The fourth-order valence-corrected chi connectivity index (χ4v) is 5.97. The first kappa shape index (κ1) is 28.9. The lowest BCUT2D eigenvalue weighted by molar-refractivity contribution is -0.928. The van der Waals surface area contributed by atoms with E-state index in [1.807, 2.05) is 0 Å². The lowest BCUT2D eigenvalue weighted by atomic mass is 10.1. The zero-order valence-corrected chi connectivity index (χ0v) is 21.7. The van der Waals surface area contributed by atoms with Gasteiger partial charge in [-0.15, -0.1) is 0 Å². The van der Waals surface area contributed by atoms with Crippen LogP contribution < -0.4 is 0 Å². The number of rotatable bonds is 22. The molecule has 0 atom stereocenters. The third-order valence-electron chi connectivity index (χ3n) is 6.95. The van der Waals surface area contributed by atoms with Crippen LogP contribution in [0, 0.1) is 0 Å². The zero-order valence-electron chi connectivity index (χ0n) is 21.7. The quantitative estimate of drug-likeness (QED) is 0.126. The van der Waals surface area contributed by atoms with E-state index in [0.717, 1.165) is 0 Å². The minimum absolute atomic E-state index is 1.34. The van der Waals surface area contributed by atoms with Crippen molar-refractivity contribution in [1.82, 2.24) is 0 Å². The largest absolute Gasteiger partial charge is 0.324 e. The number of quaternary nitrogens is 2. The van der Waals surface area contributed by atoms with Gasteiger partial charge in [0.2, 0.25) is 0 Å². The van der Waals surface area contributed by atoms with Gasteiger partial charge in [0.25, 0.3) is 0 Å². The number of unbranched alkanes of at least 4 members (excludes halogenated alkanes) is 6. The van der Waals surface area contributed by atoms with Gasteiger partial charge in [0, 0.05) is 0 Å². The highest BCUT2D eigenvalue weighted by Gasteiger charge is 2.24. The fraction of sp³-hybridized carbons (Fsp3) is 1.00. The van der Waals surface area contributed by atoms with Gasteiger partial charge in [-0.3, -0.25) is 0 Å². The molecule has 0 aliphatic carbocycles. The van der Waals surface area contributed by atoms with E-state index in [1.165, 1.54) is 145 Å². The summed E-state index contributed by atoms with van der Waals surface area (Å²) in [6.45, 7) is 25.5. The molecule has 0 fully saturated rings. The summed E-state index contributed by atoms with van der Waals surface area (Å²) in [5, 5.41) is 0. The monoisotopic (exact) mass is 412 g/mol. The first-order valence-corrected chi connectivity index (χ1v) is 13.8. The number of hydrogen-bond donors (Lipinski definition) is 0. The molecular weight excluding hydrogens is 352 g/mol. The molecule has 0 aromatic heterocycles. The Bertz CT molecular complexity index is 273. The number of nitrogens with zero attached hydrogens (tertiary/aromatic N) is 2. The summed E-state index contributed by atoms with van der Waals surface area (Å²) in [7, 11) is 0. The molecule has 29 heavy (non-hydrogen) atoms. The Morgan fingerprint density at radius 2 is 0.483 bits per heavy atom. The van der Waals surface area contributed by atoms with E-state index in [1.54, 1.807) is 0 Å². The van der Waals surface area contributed by atoms with Crippen molar-refractivity contribution in [3.05, 3.63) is 0 Å². The highest BCUT2D eigenvalue weighted by molar-refractivity contribution is 4.51. The maximum atomic E-state index is 2.37. The van der Waals surface area contributed by atoms with Crippen LogP contribution in [0.2, 0.25) is 0 Å². The van der Waals surface area contributed by atoms with E-state index < -0.39 is 0 Å². The summed E-state index contributed by atoms with van der Waals surface area (Å²) >= 11 is 0. The Morgan fingerprint density at radius 3 is 0.690 bits per heavy atom. The molecular formula is C27H60N2+2. The minimum Gasteiger partial charge on any atom is -0.324 e. The lowest BCUT2D eigenvalue weighted by Crippen LogP contribution is -2.50. The molecule has 0 rings (SSSR count). The summed E-state index contributed by atoms with van der Waals surface area (Å²) in [6, 6.07) is 0. The van der Waals surface area contributed by atoms with E-state index in [9.17, 15) is 0 Å². The van der Waals surface area contributed by atoms with Crippen LogP contribution in [0.1, 0.15) is 125 Å². The molecule has 0 spiro atoms. The van der Waals surface area contributed by atoms with Crippen molar-refractivity contribution in [2.45, 2.75) is 125 Å². The molecule has 0 amide bonds. The second kappa shape index (κ2) is 18.7. The molecule has 0 aliphatic rings. The molecule has 0 bridgehead atoms. The van der Waals surface area contributed by atoms with Crippen LogP contribution in [0.4, 0.5) is 0 Å². The van der Waals surface area contributed by atoms with Gasteiger partial charge in [-0.2, -0.15) is 0 Å². The van der Waals surface area contributed by atoms with Gasteiger partial charge in [-0.25, -0.2) is 0 Å². The van der Waals surface area contributed by atoms with Crippen molar-refractivity contribution in [2.75, 3.05) is 52.4 Å². The van der Waals surface area contributed by atoms with Crippen LogP contribution in [0.3, 0.4) is 0 Å². The van der Waals surface area contributed by atoms with E-state index in [0.29, 0.717) is 0 Å². The third kappa shape index (κ3) is 13.0. The van der Waals surface area contributed by atoms with Crippen molar-refractivity contribution in [3.8, 4) is 0 Å². The summed E-state index contributed by atoms with van der Waals surface area (Å²) in [6.07, 6.45) is 18.2. The normalized spacial score (nSPS) is 12.6. The summed E-state index contributed by atoms with van der Waals surface area (Å²) in [5.74, 6) is 0. The predicted molar refractivity (Wildman–Crippen MR) is 134 cm³/mol. The maximum absolute atomic E-state index is 2.37. The molecule has 0 aliphatic heterocycles. The Labute approximate surface area is 186 Å². The van der Waals surface area contributed by atoms with Crippen molar-refractivity contribution in [2.24, 2.45) is 0 Å². The molecule has 0 unspecified atom stereocenters. The van der Waals surface area contributed by atoms with Gasteiger partial charge in [0.15, 0.2) is 0 Å². The topological polar surface area (TPSA) is 0 Å². The smallest absolute Gasteiger partial charge is 0.0786 e. The fourth-order valence-electron chi connectivity index (χ4n) is 5.97. The highest BCUT2D eigenvalue weighted by Crippen LogP contribution is 2.17. The Morgan fingerprint density at radius 1 is 0.276 bits per heavy atom. The van der Waals surface area contributed by atoms with Crippen molar-refractivity contribution in [1.29, 1.82) is 0 Å². The highest BCUT2D eigenvalue weighted by atomic mass is 15.3. The molecule has 0 heterocycles. The molecule has 0 N–H and O–H groups in total. The first-order chi connectivity index (χ1) is 14.1. The van der Waals surface area contributed by atoms with Crippen LogP contribution >= 0.6 is 0 Å². The molecule has 0 saturated heterocycles. The van der Waals surface area contributed by atoms with Crippen LogP contribution in [0.15, 0.2) is 0 Å². The van der Waals surface area contributed by atoms with Crippen LogP contribution in [0.25, 0.3) is 0 Å². The molecule has 0 radical (unpaired) electrons. The van der Waals surface area contributed by atoms with Gasteiger partial charge in [-0.05, 0) is 64.2 Å². The second-order valence-corrected chi connectivity index (χ2v) is 9.95. The summed E-state index contributed by atoms with van der Waals surface area (Å²) in [4.78, 5) is 0. The average Bonchev–Trinajstić information content (AvgIpc) is 2.68. The van der Waals surface area contributed by atoms with E-state index >= 15 is 0 Å². The van der Waals surface area contributed by atoms with Crippen LogP contribution in [-0.2, 0) is 0 Å². The molecule has 2 nitrogen and oxygen atoms in total. The van der Waals surface area contributed by atoms with Crippen molar-refractivity contribution in [3.63, 3.8) is 0 Å². The molecule has 0 aromatic carbocycles. The van der Waals surface area contributed by atoms with Crippen LogP contribution in [0.5, 0.6) is 0 Å². The van der Waals surface area contributed by atoms with E-state index in [-0.39, 0.29) is 0 Å². The second-order valence-electron chi connectivity index (χ2n) is 9.95. The van der Waals surface area contributed by atoms with Crippen LogP contribution in [-0.4, -0.2) is 61.3 Å². The van der Waals surface area contributed by atoms with Gasteiger partial charge >= 0.3 is 0 Å². The van der Waals surface area contributed by atoms with Gasteiger partial charge in [-0.1, -0.05) is 60.8 Å². The van der Waals surface area contributed by atoms with E-state index in [2.05, 4.69) is 41.5 Å². The molecule has 0 aromatic rings.